The molecule has 1 fully saturated rings. The fourth-order valence-corrected chi connectivity index (χ4v) is 2.62. The van der Waals surface area contributed by atoms with E-state index in [4.69, 9.17) is 0 Å². The normalized spacial score (nSPS) is 14.2. The van der Waals surface area contributed by atoms with Gasteiger partial charge in [0.2, 0.25) is 0 Å². The van der Waals surface area contributed by atoms with Crippen LogP contribution in [0.5, 0.6) is 0 Å². The first-order valence-corrected chi connectivity index (χ1v) is 9.01. The van der Waals surface area contributed by atoms with Gasteiger partial charge in [0.1, 0.15) is 5.82 Å². The lowest BCUT2D eigenvalue weighted by Gasteiger charge is -2.35. The van der Waals surface area contributed by atoms with Gasteiger partial charge in [-0.3, -0.25) is 4.79 Å². The van der Waals surface area contributed by atoms with Crippen molar-refractivity contribution in [3.8, 4) is 0 Å². The highest BCUT2D eigenvalue weighted by Crippen LogP contribution is 2.21. The van der Waals surface area contributed by atoms with E-state index in [1.54, 1.807) is 12.1 Å². The van der Waals surface area contributed by atoms with E-state index in [0.717, 1.165) is 11.4 Å². The molecular formula is C19H24F3N5O. The van der Waals surface area contributed by atoms with Gasteiger partial charge in [0.05, 0.1) is 0 Å². The number of hydrogen-bond donors (Lipinski definition) is 1. The van der Waals surface area contributed by atoms with Crippen LogP contribution in [-0.4, -0.2) is 59.9 Å². The molecule has 1 aromatic heterocycles. The zero-order valence-corrected chi connectivity index (χ0v) is 15.9. The predicted octanol–water partition coefficient (Wildman–Crippen LogP) is 3.11. The molecule has 0 spiro atoms. The molecule has 28 heavy (non-hydrogen) atoms. The van der Waals surface area contributed by atoms with Gasteiger partial charge in [0.15, 0.2) is 5.82 Å². The highest BCUT2D eigenvalue weighted by Gasteiger charge is 2.43. The molecule has 3 rings (SSSR count). The quantitative estimate of drug-likeness (QED) is 0.865. The fourth-order valence-electron chi connectivity index (χ4n) is 2.62. The third kappa shape index (κ3) is 6.40. The molecule has 1 aliphatic heterocycles. The van der Waals surface area contributed by atoms with Crippen molar-refractivity contribution in [2.24, 2.45) is 0 Å². The zero-order valence-electron chi connectivity index (χ0n) is 15.9. The number of halogens is 3. The first kappa shape index (κ1) is 21.5. The minimum atomic E-state index is -4.81. The molecule has 1 N–H and O–H groups in total. The molecule has 152 valence electrons. The summed E-state index contributed by atoms with van der Waals surface area (Å²) in [5.41, 5.74) is 1.32. The van der Waals surface area contributed by atoms with Crippen LogP contribution in [0.25, 0.3) is 0 Å². The molecule has 0 unspecified atom stereocenters. The summed E-state index contributed by atoms with van der Waals surface area (Å²) >= 11 is 0. The van der Waals surface area contributed by atoms with Gasteiger partial charge in [0.25, 0.3) is 0 Å². The number of carbonyl (C=O) groups is 1. The lowest BCUT2D eigenvalue weighted by atomic mass is 10.2. The van der Waals surface area contributed by atoms with Crippen LogP contribution in [0.15, 0.2) is 42.5 Å². The van der Waals surface area contributed by atoms with Crippen LogP contribution < -0.4 is 10.2 Å². The highest BCUT2D eigenvalue weighted by atomic mass is 19.4. The molecule has 0 saturated carbocycles. The Morgan fingerprint density at radius 3 is 2.11 bits per heavy atom. The van der Waals surface area contributed by atoms with Gasteiger partial charge in [-0.15, -0.1) is 10.2 Å². The molecule has 2 aromatic rings. The number of hydrogen-bond acceptors (Lipinski definition) is 5. The van der Waals surface area contributed by atoms with Crippen LogP contribution in [0.3, 0.4) is 0 Å². The van der Waals surface area contributed by atoms with Gasteiger partial charge in [-0.05, 0) is 26.0 Å². The maximum atomic E-state index is 12.3. The molecule has 2 heterocycles. The number of alkyl halides is 3. The van der Waals surface area contributed by atoms with E-state index in [0.29, 0.717) is 24.7 Å². The molecular weight excluding hydrogens is 371 g/mol. The molecule has 0 aliphatic carbocycles. The number of aryl methyl sites for hydroxylation is 1. The van der Waals surface area contributed by atoms with Crippen molar-refractivity contribution >= 4 is 17.5 Å². The summed E-state index contributed by atoms with van der Waals surface area (Å²) in [6, 6.07) is 13.8. The number of aromatic nitrogens is 2. The fraction of sp³-hybridized carbons (Fsp3) is 0.421. The third-order valence-corrected chi connectivity index (χ3v) is 4.08. The van der Waals surface area contributed by atoms with E-state index in [-0.39, 0.29) is 13.1 Å². The second kappa shape index (κ2) is 9.91. The average Bonchev–Trinajstić information content (AvgIpc) is 2.69. The molecule has 9 heteroatoms. The van der Waals surface area contributed by atoms with Crippen LogP contribution in [0, 0.1) is 6.92 Å². The van der Waals surface area contributed by atoms with Crippen molar-refractivity contribution in [3.63, 3.8) is 0 Å². The minimum Gasteiger partial charge on any atom is -0.369 e. The summed E-state index contributed by atoms with van der Waals surface area (Å²) in [6.45, 7) is 5.40. The second-order valence-corrected chi connectivity index (χ2v) is 6.24. The number of piperazine rings is 1. The standard InChI is InChI=1S/C12H16F3N5O.C7H8/c1-2-16-9-3-4-10(18-17-9)19-5-7-20(8-6-19)11(21)12(13,14)15;1-7-5-3-2-4-6-7/h3-4H,2,5-8H2,1H3,(H,16,17);2-6H,1H3. The maximum Gasteiger partial charge on any atom is 0.471 e. The highest BCUT2D eigenvalue weighted by molar-refractivity contribution is 5.82. The van der Waals surface area contributed by atoms with Crippen molar-refractivity contribution in [2.75, 3.05) is 42.9 Å². The van der Waals surface area contributed by atoms with Crippen LogP contribution in [0.2, 0.25) is 0 Å². The Morgan fingerprint density at radius 1 is 1.04 bits per heavy atom. The molecule has 0 radical (unpaired) electrons. The lowest BCUT2D eigenvalue weighted by Crippen LogP contribution is -2.52. The van der Waals surface area contributed by atoms with E-state index in [1.165, 1.54) is 5.56 Å². The summed E-state index contributed by atoms with van der Waals surface area (Å²) < 4.78 is 37.0. The molecule has 0 bridgehead atoms. The van der Waals surface area contributed by atoms with E-state index < -0.39 is 12.1 Å². The Balaban J connectivity index is 0.000000336. The van der Waals surface area contributed by atoms with Crippen molar-refractivity contribution in [2.45, 2.75) is 20.0 Å². The summed E-state index contributed by atoms with van der Waals surface area (Å²) in [5.74, 6) is -0.543. The van der Waals surface area contributed by atoms with Gasteiger partial charge >= 0.3 is 12.1 Å². The Bertz CT molecular complexity index is 729. The van der Waals surface area contributed by atoms with Gasteiger partial charge in [-0.25, -0.2) is 0 Å². The monoisotopic (exact) mass is 395 g/mol. The molecule has 0 atom stereocenters. The first-order chi connectivity index (χ1) is 13.3. The maximum absolute atomic E-state index is 12.3. The van der Waals surface area contributed by atoms with Crippen LogP contribution in [0.4, 0.5) is 24.8 Å². The van der Waals surface area contributed by atoms with E-state index in [2.05, 4.69) is 34.6 Å². The summed E-state index contributed by atoms with van der Waals surface area (Å²) in [7, 11) is 0. The number of nitrogens with one attached hydrogen (secondary N) is 1. The molecule has 1 amide bonds. The smallest absolute Gasteiger partial charge is 0.369 e. The molecule has 1 aromatic carbocycles. The van der Waals surface area contributed by atoms with Crippen molar-refractivity contribution in [3.05, 3.63) is 48.0 Å². The van der Waals surface area contributed by atoms with Crippen LogP contribution in [-0.2, 0) is 4.79 Å². The van der Waals surface area contributed by atoms with Crippen molar-refractivity contribution in [1.82, 2.24) is 15.1 Å². The van der Waals surface area contributed by atoms with Crippen LogP contribution >= 0.6 is 0 Å². The molecule has 6 nitrogen and oxygen atoms in total. The predicted molar refractivity (Wildman–Crippen MR) is 102 cm³/mol. The van der Waals surface area contributed by atoms with E-state index in [1.807, 2.05) is 30.0 Å². The third-order valence-electron chi connectivity index (χ3n) is 4.08. The largest absolute Gasteiger partial charge is 0.471 e. The molecule has 1 saturated heterocycles. The number of rotatable bonds is 3. The molecule has 1 aliphatic rings. The topological polar surface area (TPSA) is 61.4 Å². The summed E-state index contributed by atoms with van der Waals surface area (Å²) in [4.78, 5) is 13.8. The number of nitrogens with zero attached hydrogens (tertiary/aromatic N) is 4. The Labute approximate surface area is 162 Å². The average molecular weight is 395 g/mol. The lowest BCUT2D eigenvalue weighted by molar-refractivity contribution is -0.185. The van der Waals surface area contributed by atoms with Gasteiger partial charge < -0.3 is 15.1 Å². The number of anilines is 2. The van der Waals surface area contributed by atoms with Gasteiger partial charge in [-0.2, -0.15) is 13.2 Å². The minimum absolute atomic E-state index is 0.0228. The van der Waals surface area contributed by atoms with E-state index >= 15 is 0 Å². The van der Waals surface area contributed by atoms with Gasteiger partial charge in [-0.1, -0.05) is 35.9 Å². The second-order valence-electron chi connectivity index (χ2n) is 6.24. The van der Waals surface area contributed by atoms with Gasteiger partial charge in [0, 0.05) is 32.7 Å². The Kier molecular flexibility index (Phi) is 7.60. The number of amides is 1. The summed E-state index contributed by atoms with van der Waals surface area (Å²) in [5, 5.41) is 11.0. The Morgan fingerprint density at radius 2 is 1.68 bits per heavy atom. The SMILES string of the molecule is CCNc1ccc(N2CCN(C(=O)C(F)(F)F)CC2)nn1.Cc1ccccc1. The van der Waals surface area contributed by atoms with E-state index in [9.17, 15) is 18.0 Å². The number of benzene rings is 1. The first-order valence-electron chi connectivity index (χ1n) is 9.01. The van der Waals surface area contributed by atoms with Crippen LogP contribution in [0.1, 0.15) is 12.5 Å². The van der Waals surface area contributed by atoms with Crippen molar-refractivity contribution < 1.29 is 18.0 Å². The Hall–Kier alpha value is -2.84. The summed E-state index contributed by atoms with van der Waals surface area (Å²) in [6.07, 6.45) is -4.81. The van der Waals surface area contributed by atoms with Crippen molar-refractivity contribution in [1.29, 1.82) is 0 Å². The number of carbonyl (C=O) groups excluding carboxylic acids is 1. The zero-order chi connectivity index (χ0) is 20.6.